The van der Waals surface area contributed by atoms with Gasteiger partial charge < -0.3 is 4.74 Å². The van der Waals surface area contributed by atoms with Crippen molar-refractivity contribution in [3.8, 4) is 5.69 Å². The molecule has 0 spiro atoms. The molecule has 1 saturated carbocycles. The minimum Gasteiger partial charge on any atom is -0.462 e. The second kappa shape index (κ2) is 7.99. The molecule has 1 aromatic carbocycles. The lowest BCUT2D eigenvalue weighted by molar-refractivity contribution is 0.0455. The zero-order valence-corrected chi connectivity index (χ0v) is 16.8. The van der Waals surface area contributed by atoms with Crippen molar-refractivity contribution in [2.24, 2.45) is 5.92 Å². The third-order valence-corrected chi connectivity index (χ3v) is 6.30. The van der Waals surface area contributed by atoms with Gasteiger partial charge in [0.15, 0.2) is 5.82 Å². The predicted octanol–water partition coefficient (Wildman–Crippen LogP) is 3.34. The lowest BCUT2D eigenvalue weighted by atomic mass is 9.75. The van der Waals surface area contributed by atoms with E-state index in [0.29, 0.717) is 12.2 Å². The van der Waals surface area contributed by atoms with Crippen molar-refractivity contribution in [3.05, 3.63) is 35.7 Å². The SMILES string of the molecule is CCOC(=O)c1cccc(-n2nnnc2C2(N3CCCC3)CCC(C)CC2)c1. The number of aromatic nitrogens is 4. The van der Waals surface area contributed by atoms with Gasteiger partial charge in [-0.15, -0.1) is 5.10 Å². The minimum atomic E-state index is -0.320. The molecule has 0 unspecified atom stereocenters. The summed E-state index contributed by atoms with van der Waals surface area (Å²) in [7, 11) is 0. The Bertz CT molecular complexity index is 820. The van der Waals surface area contributed by atoms with Crippen molar-refractivity contribution < 1.29 is 9.53 Å². The van der Waals surface area contributed by atoms with Crippen LogP contribution in [-0.2, 0) is 10.3 Å². The van der Waals surface area contributed by atoms with Crippen LogP contribution >= 0.6 is 0 Å². The smallest absolute Gasteiger partial charge is 0.338 e. The number of benzene rings is 1. The number of esters is 1. The normalized spacial score (nSPS) is 25.7. The van der Waals surface area contributed by atoms with Gasteiger partial charge in [-0.05, 0) is 93.1 Å². The molecule has 1 aliphatic carbocycles. The lowest BCUT2D eigenvalue weighted by Gasteiger charge is -2.44. The van der Waals surface area contributed by atoms with Gasteiger partial charge in [-0.3, -0.25) is 4.90 Å². The molecule has 2 fully saturated rings. The van der Waals surface area contributed by atoms with Crippen LogP contribution in [0.3, 0.4) is 0 Å². The Morgan fingerprint density at radius 3 is 2.71 bits per heavy atom. The minimum absolute atomic E-state index is 0.119. The average molecular weight is 383 g/mol. The topological polar surface area (TPSA) is 73.1 Å². The first-order valence-corrected chi connectivity index (χ1v) is 10.5. The van der Waals surface area contributed by atoms with Gasteiger partial charge in [0, 0.05) is 0 Å². The Kier molecular flexibility index (Phi) is 5.44. The van der Waals surface area contributed by atoms with Crippen molar-refractivity contribution in [3.63, 3.8) is 0 Å². The van der Waals surface area contributed by atoms with E-state index in [0.717, 1.165) is 43.4 Å². The van der Waals surface area contributed by atoms with Crippen LogP contribution in [-0.4, -0.2) is 50.8 Å². The number of ether oxygens (including phenoxy) is 1. The molecule has 4 rings (SSSR count). The summed E-state index contributed by atoms with van der Waals surface area (Å²) in [4.78, 5) is 14.8. The molecule has 0 radical (unpaired) electrons. The summed E-state index contributed by atoms with van der Waals surface area (Å²) in [5.41, 5.74) is 1.21. The van der Waals surface area contributed by atoms with Crippen molar-refractivity contribution in [2.45, 2.75) is 57.9 Å². The van der Waals surface area contributed by atoms with Crippen LogP contribution < -0.4 is 0 Å². The van der Waals surface area contributed by atoms with Crippen molar-refractivity contribution in [1.82, 2.24) is 25.1 Å². The van der Waals surface area contributed by atoms with Crippen LogP contribution in [0.25, 0.3) is 5.69 Å². The van der Waals surface area contributed by atoms with Gasteiger partial charge in [0.1, 0.15) is 0 Å². The molecule has 7 heteroatoms. The lowest BCUT2D eigenvalue weighted by Crippen LogP contribution is -2.48. The molecule has 1 aliphatic heterocycles. The Balaban J connectivity index is 1.73. The maximum atomic E-state index is 12.2. The third-order valence-electron chi connectivity index (χ3n) is 6.30. The highest BCUT2D eigenvalue weighted by molar-refractivity contribution is 5.90. The number of nitrogens with zero attached hydrogens (tertiary/aromatic N) is 5. The van der Waals surface area contributed by atoms with Crippen molar-refractivity contribution in [1.29, 1.82) is 0 Å². The van der Waals surface area contributed by atoms with E-state index in [-0.39, 0.29) is 11.5 Å². The van der Waals surface area contributed by atoms with E-state index in [1.165, 1.54) is 25.7 Å². The summed E-state index contributed by atoms with van der Waals surface area (Å²) in [6.45, 7) is 6.70. The monoisotopic (exact) mass is 383 g/mol. The fraction of sp³-hybridized carbons (Fsp3) is 0.619. The summed E-state index contributed by atoms with van der Waals surface area (Å²) in [6, 6.07) is 7.40. The standard InChI is InChI=1S/C21H29N5O2/c1-3-28-19(27)17-7-6-8-18(15-17)26-20(22-23-24-26)21(25-13-4-5-14-25)11-9-16(2)10-12-21/h6-8,15-16H,3-5,9-14H2,1-2H3. The molecule has 0 bridgehead atoms. The quantitative estimate of drug-likeness (QED) is 0.738. The molecule has 2 aliphatic rings. The highest BCUT2D eigenvalue weighted by atomic mass is 16.5. The molecule has 7 nitrogen and oxygen atoms in total. The molecule has 2 aromatic rings. The average Bonchev–Trinajstić information content (AvgIpc) is 3.42. The number of rotatable bonds is 5. The maximum absolute atomic E-state index is 12.2. The highest BCUT2D eigenvalue weighted by Crippen LogP contribution is 2.45. The van der Waals surface area contributed by atoms with E-state index in [1.807, 2.05) is 29.8 Å². The fourth-order valence-corrected chi connectivity index (χ4v) is 4.70. The number of carbonyl (C=O) groups excluding carboxylic acids is 1. The second-order valence-corrected chi connectivity index (χ2v) is 8.09. The molecule has 1 aromatic heterocycles. The molecule has 1 saturated heterocycles. The van der Waals surface area contributed by atoms with Gasteiger partial charge in [-0.25, -0.2) is 4.79 Å². The van der Waals surface area contributed by atoms with E-state index in [4.69, 9.17) is 4.74 Å². The zero-order chi connectivity index (χ0) is 19.6. The van der Waals surface area contributed by atoms with Gasteiger partial charge in [0.05, 0.1) is 23.4 Å². The van der Waals surface area contributed by atoms with Crippen LogP contribution in [0.4, 0.5) is 0 Å². The molecular weight excluding hydrogens is 354 g/mol. The zero-order valence-electron chi connectivity index (χ0n) is 16.8. The summed E-state index contributed by atoms with van der Waals surface area (Å²) in [6.07, 6.45) is 6.99. The molecule has 28 heavy (non-hydrogen) atoms. The molecular formula is C21H29N5O2. The van der Waals surface area contributed by atoms with Gasteiger partial charge in [-0.1, -0.05) is 13.0 Å². The van der Waals surface area contributed by atoms with Crippen molar-refractivity contribution >= 4 is 5.97 Å². The fourth-order valence-electron chi connectivity index (χ4n) is 4.70. The van der Waals surface area contributed by atoms with Crippen LogP contribution in [0.15, 0.2) is 24.3 Å². The predicted molar refractivity (Wildman–Crippen MR) is 105 cm³/mol. The van der Waals surface area contributed by atoms with Gasteiger partial charge in [-0.2, -0.15) is 4.68 Å². The number of carbonyl (C=O) groups is 1. The molecule has 0 amide bonds. The number of hydrogen-bond donors (Lipinski definition) is 0. The van der Waals surface area contributed by atoms with Gasteiger partial charge in [0.25, 0.3) is 0 Å². The molecule has 0 atom stereocenters. The van der Waals surface area contributed by atoms with Crippen LogP contribution in [0.1, 0.15) is 68.6 Å². The van der Waals surface area contributed by atoms with Crippen molar-refractivity contribution in [2.75, 3.05) is 19.7 Å². The highest BCUT2D eigenvalue weighted by Gasteiger charge is 2.46. The van der Waals surface area contributed by atoms with Crippen LogP contribution in [0.2, 0.25) is 0 Å². The van der Waals surface area contributed by atoms with Crippen LogP contribution in [0, 0.1) is 5.92 Å². The van der Waals surface area contributed by atoms with E-state index < -0.39 is 0 Å². The first-order chi connectivity index (χ1) is 13.6. The summed E-state index contributed by atoms with van der Waals surface area (Å²) in [5, 5.41) is 12.9. The van der Waals surface area contributed by atoms with E-state index in [1.54, 1.807) is 6.07 Å². The Morgan fingerprint density at radius 2 is 2.00 bits per heavy atom. The first-order valence-electron chi connectivity index (χ1n) is 10.5. The molecule has 0 N–H and O–H groups in total. The van der Waals surface area contributed by atoms with Gasteiger partial charge in [0.2, 0.25) is 0 Å². The van der Waals surface area contributed by atoms with E-state index in [9.17, 15) is 4.79 Å². The largest absolute Gasteiger partial charge is 0.462 e. The summed E-state index contributed by atoms with van der Waals surface area (Å²) < 4.78 is 6.98. The maximum Gasteiger partial charge on any atom is 0.338 e. The third kappa shape index (κ3) is 3.43. The second-order valence-electron chi connectivity index (χ2n) is 8.09. The van der Waals surface area contributed by atoms with E-state index in [2.05, 4.69) is 27.3 Å². The number of tetrazole rings is 1. The Hall–Kier alpha value is -2.28. The van der Waals surface area contributed by atoms with E-state index >= 15 is 0 Å². The number of likely N-dealkylation sites (tertiary alicyclic amines) is 1. The molecule has 2 heterocycles. The number of hydrogen-bond acceptors (Lipinski definition) is 6. The summed E-state index contributed by atoms with van der Waals surface area (Å²) in [5.74, 6) is 1.33. The molecule has 150 valence electrons. The Labute approximate surface area is 166 Å². The summed E-state index contributed by atoms with van der Waals surface area (Å²) >= 11 is 0. The van der Waals surface area contributed by atoms with Gasteiger partial charge >= 0.3 is 5.97 Å². The Morgan fingerprint density at radius 1 is 1.25 bits per heavy atom. The van der Waals surface area contributed by atoms with Crippen LogP contribution in [0.5, 0.6) is 0 Å². The first kappa shape index (κ1) is 19.1.